The van der Waals surface area contributed by atoms with Crippen molar-refractivity contribution in [2.75, 3.05) is 5.32 Å². The van der Waals surface area contributed by atoms with E-state index < -0.39 is 6.03 Å². The van der Waals surface area contributed by atoms with Crippen molar-refractivity contribution in [1.29, 1.82) is 0 Å². The Morgan fingerprint density at radius 2 is 2.15 bits per heavy atom. The highest BCUT2D eigenvalue weighted by molar-refractivity contribution is 6.30. The number of nitrogens with one attached hydrogen (secondary N) is 2. The Morgan fingerprint density at radius 1 is 1.46 bits per heavy atom. The van der Waals surface area contributed by atoms with Gasteiger partial charge in [-0.1, -0.05) is 17.7 Å². The molecular formula is C7H9Cl2N3O. The van der Waals surface area contributed by atoms with Crippen LogP contribution in [0.5, 0.6) is 0 Å². The number of nitrogens with two attached hydrogens (primary N) is 1. The fourth-order valence-electron chi connectivity index (χ4n) is 0.733. The Labute approximate surface area is 86.8 Å². The van der Waals surface area contributed by atoms with Crippen LogP contribution in [-0.2, 0) is 0 Å². The molecule has 2 amide bonds. The third-order valence-electron chi connectivity index (χ3n) is 1.21. The zero-order valence-corrected chi connectivity index (χ0v) is 8.15. The van der Waals surface area contributed by atoms with Gasteiger partial charge in [-0.15, -0.1) is 12.4 Å². The second kappa shape index (κ2) is 5.64. The van der Waals surface area contributed by atoms with Crippen LogP contribution < -0.4 is 16.6 Å². The van der Waals surface area contributed by atoms with Crippen LogP contribution in [0.15, 0.2) is 24.3 Å². The first-order chi connectivity index (χ1) is 5.72. The Hall–Kier alpha value is -0.970. The number of urea groups is 1. The largest absolute Gasteiger partial charge is 0.333 e. The van der Waals surface area contributed by atoms with Crippen LogP contribution in [0.25, 0.3) is 0 Å². The zero-order chi connectivity index (χ0) is 8.97. The summed E-state index contributed by atoms with van der Waals surface area (Å²) in [7, 11) is 0. The first-order valence-corrected chi connectivity index (χ1v) is 3.63. The maximum atomic E-state index is 10.7. The van der Waals surface area contributed by atoms with E-state index in [2.05, 4.69) is 5.32 Å². The van der Waals surface area contributed by atoms with Crippen LogP contribution in [0, 0.1) is 0 Å². The van der Waals surface area contributed by atoms with Crippen molar-refractivity contribution in [3.05, 3.63) is 29.3 Å². The number of hydrogen-bond donors (Lipinski definition) is 3. The van der Waals surface area contributed by atoms with Crippen LogP contribution in [0.4, 0.5) is 10.5 Å². The van der Waals surface area contributed by atoms with Crippen LogP contribution in [-0.4, -0.2) is 6.03 Å². The highest BCUT2D eigenvalue weighted by Crippen LogP contribution is 2.14. The molecule has 0 aliphatic heterocycles. The Bertz CT molecular complexity index is 293. The predicted molar refractivity (Wildman–Crippen MR) is 55.0 cm³/mol. The molecule has 0 radical (unpaired) electrons. The van der Waals surface area contributed by atoms with E-state index in [4.69, 9.17) is 17.4 Å². The molecule has 1 rings (SSSR count). The van der Waals surface area contributed by atoms with Gasteiger partial charge in [0, 0.05) is 10.7 Å². The Morgan fingerprint density at radius 3 is 2.69 bits per heavy atom. The molecule has 0 fully saturated rings. The number of benzene rings is 1. The molecule has 1 aromatic carbocycles. The first-order valence-electron chi connectivity index (χ1n) is 3.25. The minimum atomic E-state index is -0.475. The van der Waals surface area contributed by atoms with Gasteiger partial charge in [-0.25, -0.2) is 10.6 Å². The summed E-state index contributed by atoms with van der Waals surface area (Å²) in [4.78, 5) is 10.7. The van der Waals surface area contributed by atoms with Gasteiger partial charge in [0.1, 0.15) is 0 Å². The van der Waals surface area contributed by atoms with E-state index in [1.807, 2.05) is 5.43 Å². The zero-order valence-electron chi connectivity index (χ0n) is 6.58. The SMILES string of the molecule is Cl.NNC(=O)Nc1cccc(Cl)c1. The number of anilines is 1. The Kier molecular flexibility index (Phi) is 5.22. The molecule has 0 aliphatic carbocycles. The van der Waals surface area contributed by atoms with Crippen molar-refractivity contribution in [3.63, 3.8) is 0 Å². The lowest BCUT2D eigenvalue weighted by atomic mass is 10.3. The molecule has 4 N–H and O–H groups in total. The van der Waals surface area contributed by atoms with Gasteiger partial charge < -0.3 is 5.32 Å². The van der Waals surface area contributed by atoms with Crippen LogP contribution in [0.3, 0.4) is 0 Å². The minimum Gasteiger partial charge on any atom is -0.307 e. The van der Waals surface area contributed by atoms with Crippen molar-refractivity contribution in [2.45, 2.75) is 0 Å². The Balaban J connectivity index is 0.00000144. The average Bonchev–Trinajstić information content (AvgIpc) is 2.04. The summed E-state index contributed by atoms with van der Waals surface area (Å²) in [5, 5.41) is 3.03. The van der Waals surface area contributed by atoms with Crippen molar-refractivity contribution in [3.8, 4) is 0 Å². The van der Waals surface area contributed by atoms with Gasteiger partial charge in [0.15, 0.2) is 0 Å². The van der Waals surface area contributed by atoms with E-state index in [1.165, 1.54) is 0 Å². The molecule has 0 unspecified atom stereocenters. The summed E-state index contributed by atoms with van der Waals surface area (Å²) >= 11 is 5.67. The fraction of sp³-hybridized carbons (Fsp3) is 0. The highest BCUT2D eigenvalue weighted by atomic mass is 35.5. The van der Waals surface area contributed by atoms with Gasteiger partial charge >= 0.3 is 6.03 Å². The number of hydrazine groups is 1. The van der Waals surface area contributed by atoms with E-state index in [9.17, 15) is 4.79 Å². The first kappa shape index (κ1) is 12.0. The van der Waals surface area contributed by atoms with E-state index in [0.29, 0.717) is 10.7 Å². The van der Waals surface area contributed by atoms with Crippen molar-refractivity contribution in [1.82, 2.24) is 5.43 Å². The molecule has 13 heavy (non-hydrogen) atoms. The van der Waals surface area contributed by atoms with E-state index in [-0.39, 0.29) is 12.4 Å². The molecule has 6 heteroatoms. The summed E-state index contributed by atoms with van der Waals surface area (Å²) in [6.45, 7) is 0. The third-order valence-corrected chi connectivity index (χ3v) is 1.45. The molecule has 0 heterocycles. The van der Waals surface area contributed by atoms with Crippen molar-refractivity contribution >= 4 is 35.7 Å². The lowest BCUT2D eigenvalue weighted by Crippen LogP contribution is -2.34. The van der Waals surface area contributed by atoms with E-state index >= 15 is 0 Å². The minimum absolute atomic E-state index is 0. The molecule has 0 aliphatic rings. The maximum absolute atomic E-state index is 10.7. The normalized spacial score (nSPS) is 8.46. The summed E-state index contributed by atoms with van der Waals surface area (Å²) in [5.74, 6) is 4.86. The molecule has 0 aromatic heterocycles. The average molecular weight is 222 g/mol. The summed E-state index contributed by atoms with van der Waals surface area (Å²) in [6.07, 6.45) is 0. The van der Waals surface area contributed by atoms with Gasteiger partial charge in [-0.3, -0.25) is 5.43 Å². The van der Waals surface area contributed by atoms with E-state index in [0.717, 1.165) is 0 Å². The third kappa shape index (κ3) is 3.98. The molecule has 0 saturated carbocycles. The van der Waals surface area contributed by atoms with Crippen molar-refractivity contribution in [2.24, 2.45) is 5.84 Å². The van der Waals surface area contributed by atoms with E-state index in [1.54, 1.807) is 24.3 Å². The van der Waals surface area contributed by atoms with Gasteiger partial charge in [0.2, 0.25) is 0 Å². The number of rotatable bonds is 1. The number of carbonyl (C=O) groups is 1. The standard InChI is InChI=1S/C7H8ClN3O.ClH/c8-5-2-1-3-6(4-5)10-7(12)11-9;/h1-4H,9H2,(H2,10,11,12);1H. The second-order valence-electron chi connectivity index (χ2n) is 2.11. The smallest absolute Gasteiger partial charge is 0.307 e. The van der Waals surface area contributed by atoms with Gasteiger partial charge in [-0.05, 0) is 18.2 Å². The van der Waals surface area contributed by atoms with Gasteiger partial charge in [0.25, 0.3) is 0 Å². The molecule has 4 nitrogen and oxygen atoms in total. The molecule has 1 aromatic rings. The van der Waals surface area contributed by atoms with Crippen molar-refractivity contribution < 1.29 is 4.79 Å². The molecule has 0 saturated heterocycles. The fourth-order valence-corrected chi connectivity index (χ4v) is 0.924. The van der Waals surface area contributed by atoms with Crippen LogP contribution in [0.1, 0.15) is 0 Å². The number of amides is 2. The lowest BCUT2D eigenvalue weighted by molar-refractivity contribution is 0.252. The topological polar surface area (TPSA) is 67.1 Å². The summed E-state index contributed by atoms with van der Waals surface area (Å²) in [5.41, 5.74) is 2.54. The summed E-state index contributed by atoms with van der Waals surface area (Å²) < 4.78 is 0. The molecule has 0 atom stereocenters. The molecule has 0 bridgehead atoms. The quantitative estimate of drug-likeness (QED) is 0.385. The number of carbonyl (C=O) groups excluding carboxylic acids is 1. The number of halogens is 2. The monoisotopic (exact) mass is 221 g/mol. The van der Waals surface area contributed by atoms with Gasteiger partial charge in [0.05, 0.1) is 0 Å². The van der Waals surface area contributed by atoms with Gasteiger partial charge in [-0.2, -0.15) is 0 Å². The molecular weight excluding hydrogens is 213 g/mol. The summed E-state index contributed by atoms with van der Waals surface area (Å²) in [6, 6.07) is 6.30. The highest BCUT2D eigenvalue weighted by Gasteiger charge is 1.97. The lowest BCUT2D eigenvalue weighted by Gasteiger charge is -2.03. The second-order valence-corrected chi connectivity index (χ2v) is 2.55. The molecule has 0 spiro atoms. The number of hydrogen-bond acceptors (Lipinski definition) is 2. The maximum Gasteiger partial charge on any atom is 0.333 e. The van der Waals surface area contributed by atoms with Crippen LogP contribution >= 0.6 is 24.0 Å². The predicted octanol–water partition coefficient (Wildman–Crippen LogP) is 1.76. The van der Waals surface area contributed by atoms with Crippen LogP contribution in [0.2, 0.25) is 5.02 Å². The molecule has 72 valence electrons.